The summed E-state index contributed by atoms with van der Waals surface area (Å²) < 4.78 is 27.5. The molecule has 0 unspecified atom stereocenters. The average Bonchev–Trinajstić information content (AvgIpc) is 2.95. The van der Waals surface area contributed by atoms with Gasteiger partial charge in [-0.1, -0.05) is 23.2 Å². The van der Waals surface area contributed by atoms with Crippen molar-refractivity contribution in [3.63, 3.8) is 0 Å². The van der Waals surface area contributed by atoms with Crippen molar-refractivity contribution in [3.05, 3.63) is 52.0 Å². The molecule has 0 spiro atoms. The van der Waals surface area contributed by atoms with Gasteiger partial charge in [0.25, 0.3) is 10.0 Å². The fourth-order valence-corrected chi connectivity index (χ4v) is 4.22. The number of benzene rings is 2. The van der Waals surface area contributed by atoms with Crippen molar-refractivity contribution in [2.24, 2.45) is 0 Å². The molecule has 1 heterocycles. The van der Waals surface area contributed by atoms with Gasteiger partial charge in [0.2, 0.25) is 5.91 Å². The van der Waals surface area contributed by atoms with E-state index in [9.17, 15) is 13.2 Å². The molecule has 0 atom stereocenters. The van der Waals surface area contributed by atoms with Crippen LogP contribution in [0.4, 0.5) is 11.4 Å². The van der Waals surface area contributed by atoms with Crippen LogP contribution in [-0.4, -0.2) is 20.9 Å². The molecule has 3 rings (SSSR count). The molecular formula is C17H16Cl2N2O3S. The summed E-state index contributed by atoms with van der Waals surface area (Å²) in [5.41, 5.74) is 2.04. The van der Waals surface area contributed by atoms with Crippen LogP contribution >= 0.6 is 23.2 Å². The molecule has 132 valence electrons. The molecule has 25 heavy (non-hydrogen) atoms. The molecule has 0 aliphatic carbocycles. The molecule has 1 aliphatic rings. The van der Waals surface area contributed by atoms with E-state index < -0.39 is 10.0 Å². The summed E-state index contributed by atoms with van der Waals surface area (Å²) in [7, 11) is -3.79. The summed E-state index contributed by atoms with van der Waals surface area (Å²) in [6.07, 6.45) is 1.38. The molecule has 5 nitrogen and oxygen atoms in total. The van der Waals surface area contributed by atoms with Crippen molar-refractivity contribution in [3.8, 4) is 0 Å². The molecule has 1 amide bonds. The summed E-state index contributed by atoms with van der Waals surface area (Å²) >= 11 is 11.7. The first-order valence-corrected chi connectivity index (χ1v) is 9.91. The lowest BCUT2D eigenvalue weighted by atomic mass is 10.1. The van der Waals surface area contributed by atoms with Gasteiger partial charge in [0, 0.05) is 24.3 Å². The number of nitrogens with zero attached hydrogens (tertiary/aromatic N) is 1. The maximum Gasteiger partial charge on any atom is 0.261 e. The lowest BCUT2D eigenvalue weighted by molar-refractivity contribution is -0.117. The number of anilines is 2. The molecule has 1 fully saturated rings. The Bertz CT molecular complexity index is 945. The Morgan fingerprint density at radius 3 is 2.44 bits per heavy atom. The molecule has 0 saturated carbocycles. The van der Waals surface area contributed by atoms with Crippen LogP contribution in [0.2, 0.25) is 10.0 Å². The van der Waals surface area contributed by atoms with E-state index in [0.717, 1.165) is 17.7 Å². The van der Waals surface area contributed by atoms with Gasteiger partial charge in [-0.25, -0.2) is 8.42 Å². The minimum absolute atomic E-state index is 0.0263. The van der Waals surface area contributed by atoms with Crippen LogP contribution < -0.4 is 9.62 Å². The summed E-state index contributed by atoms with van der Waals surface area (Å²) in [4.78, 5) is 13.6. The summed E-state index contributed by atoms with van der Waals surface area (Å²) in [6, 6.07) is 9.23. The molecule has 0 aromatic heterocycles. The molecule has 2 aromatic rings. The van der Waals surface area contributed by atoms with Gasteiger partial charge in [0.15, 0.2) is 0 Å². The highest BCUT2D eigenvalue weighted by molar-refractivity contribution is 7.92. The van der Waals surface area contributed by atoms with Crippen molar-refractivity contribution < 1.29 is 13.2 Å². The highest BCUT2D eigenvalue weighted by Gasteiger charge is 2.23. The SMILES string of the molecule is Cc1cc(NS(=O)(=O)c2ccc(Cl)c(Cl)c2)ccc1N1CCCC1=O. The van der Waals surface area contributed by atoms with Gasteiger partial charge in [-0.15, -0.1) is 0 Å². The van der Waals surface area contributed by atoms with E-state index in [-0.39, 0.29) is 20.8 Å². The Morgan fingerprint density at radius 2 is 1.84 bits per heavy atom. The molecule has 0 radical (unpaired) electrons. The summed E-state index contributed by atoms with van der Waals surface area (Å²) in [6.45, 7) is 2.53. The van der Waals surface area contributed by atoms with E-state index in [1.165, 1.54) is 18.2 Å². The van der Waals surface area contributed by atoms with Crippen molar-refractivity contribution >= 4 is 50.5 Å². The third-order valence-corrected chi connectivity index (χ3v) is 6.13. The number of carbonyl (C=O) groups excluding carboxylic acids is 1. The maximum absolute atomic E-state index is 12.5. The number of amides is 1. The Balaban J connectivity index is 1.86. The summed E-state index contributed by atoms with van der Waals surface area (Å²) in [5.74, 6) is 0.0900. The summed E-state index contributed by atoms with van der Waals surface area (Å²) in [5, 5.41) is 0.458. The van der Waals surface area contributed by atoms with Crippen LogP contribution in [0.1, 0.15) is 18.4 Å². The molecule has 2 aromatic carbocycles. The number of carbonyl (C=O) groups is 1. The Morgan fingerprint density at radius 1 is 1.08 bits per heavy atom. The second kappa shape index (κ2) is 6.86. The predicted octanol–water partition coefficient (Wildman–Crippen LogP) is 4.23. The van der Waals surface area contributed by atoms with Crippen LogP contribution in [-0.2, 0) is 14.8 Å². The number of nitrogens with one attached hydrogen (secondary N) is 1. The second-order valence-corrected chi connectivity index (χ2v) is 8.33. The zero-order valence-corrected chi connectivity index (χ0v) is 15.7. The zero-order valence-electron chi connectivity index (χ0n) is 13.4. The first-order valence-electron chi connectivity index (χ1n) is 7.67. The van der Waals surface area contributed by atoms with Gasteiger partial charge >= 0.3 is 0 Å². The van der Waals surface area contributed by atoms with Crippen LogP contribution in [0.25, 0.3) is 0 Å². The number of sulfonamides is 1. The number of aryl methyl sites for hydroxylation is 1. The highest BCUT2D eigenvalue weighted by Crippen LogP contribution is 2.29. The average molecular weight is 399 g/mol. The number of halogens is 2. The Hall–Kier alpha value is -1.76. The second-order valence-electron chi connectivity index (χ2n) is 5.83. The monoisotopic (exact) mass is 398 g/mol. The minimum atomic E-state index is -3.79. The first-order chi connectivity index (χ1) is 11.8. The topological polar surface area (TPSA) is 66.5 Å². The van der Waals surface area contributed by atoms with Crippen molar-refractivity contribution in [1.82, 2.24) is 0 Å². The first kappa shape index (κ1) is 18.0. The van der Waals surface area contributed by atoms with E-state index in [2.05, 4.69) is 4.72 Å². The molecule has 0 bridgehead atoms. The fraction of sp³-hybridized carbons (Fsp3) is 0.235. The molecule has 1 saturated heterocycles. The fourth-order valence-electron chi connectivity index (χ4n) is 2.78. The molecule has 8 heteroatoms. The third kappa shape index (κ3) is 3.76. The Labute approximate surface area is 156 Å². The van der Waals surface area contributed by atoms with Gasteiger partial charge < -0.3 is 4.90 Å². The number of rotatable bonds is 4. The quantitative estimate of drug-likeness (QED) is 0.837. The van der Waals surface area contributed by atoms with Crippen LogP contribution in [0, 0.1) is 6.92 Å². The van der Waals surface area contributed by atoms with Gasteiger partial charge in [0.05, 0.1) is 14.9 Å². The van der Waals surface area contributed by atoms with Gasteiger partial charge in [-0.3, -0.25) is 9.52 Å². The number of hydrogen-bond acceptors (Lipinski definition) is 3. The largest absolute Gasteiger partial charge is 0.312 e. The highest BCUT2D eigenvalue weighted by atomic mass is 35.5. The third-order valence-electron chi connectivity index (χ3n) is 4.01. The lowest BCUT2D eigenvalue weighted by Crippen LogP contribution is -2.24. The normalized spacial score (nSPS) is 14.8. The zero-order chi connectivity index (χ0) is 18.2. The van der Waals surface area contributed by atoms with Crippen molar-refractivity contribution in [2.75, 3.05) is 16.2 Å². The molecule has 1 N–H and O–H groups in total. The molecular weight excluding hydrogens is 383 g/mol. The standard InChI is InChI=1S/C17H16Cl2N2O3S/c1-11-9-12(4-7-16(11)21-8-2-3-17(21)22)20-25(23,24)13-5-6-14(18)15(19)10-13/h4-7,9-10,20H,2-3,8H2,1H3. The van der Waals surface area contributed by atoms with Crippen molar-refractivity contribution in [1.29, 1.82) is 0 Å². The lowest BCUT2D eigenvalue weighted by Gasteiger charge is -2.19. The van der Waals surface area contributed by atoms with Gasteiger partial charge in [-0.05, 0) is 55.3 Å². The van der Waals surface area contributed by atoms with E-state index >= 15 is 0 Å². The van der Waals surface area contributed by atoms with Crippen LogP contribution in [0.15, 0.2) is 41.3 Å². The van der Waals surface area contributed by atoms with Gasteiger partial charge in [0.1, 0.15) is 0 Å². The Kier molecular flexibility index (Phi) is 4.95. The maximum atomic E-state index is 12.5. The van der Waals surface area contributed by atoms with Crippen molar-refractivity contribution in [2.45, 2.75) is 24.7 Å². The number of hydrogen-bond donors (Lipinski definition) is 1. The van der Waals surface area contributed by atoms with E-state index in [4.69, 9.17) is 23.2 Å². The minimum Gasteiger partial charge on any atom is -0.312 e. The van der Waals surface area contributed by atoms with E-state index in [1.807, 2.05) is 6.92 Å². The van der Waals surface area contributed by atoms with E-state index in [0.29, 0.717) is 18.7 Å². The molecule has 1 aliphatic heterocycles. The van der Waals surface area contributed by atoms with Crippen LogP contribution in [0.5, 0.6) is 0 Å². The van der Waals surface area contributed by atoms with E-state index in [1.54, 1.807) is 23.1 Å². The van der Waals surface area contributed by atoms with Gasteiger partial charge in [-0.2, -0.15) is 0 Å². The predicted molar refractivity (Wildman–Crippen MR) is 100 cm³/mol. The smallest absolute Gasteiger partial charge is 0.261 e. The van der Waals surface area contributed by atoms with Crippen LogP contribution in [0.3, 0.4) is 0 Å².